The first-order valence-corrected chi connectivity index (χ1v) is 4.26. The predicted octanol–water partition coefficient (Wildman–Crippen LogP) is -1.15. The van der Waals surface area contributed by atoms with Crippen molar-refractivity contribution in [3.63, 3.8) is 0 Å². The second-order valence-electron chi connectivity index (χ2n) is 2.93. The van der Waals surface area contributed by atoms with Crippen LogP contribution in [0.3, 0.4) is 0 Å². The van der Waals surface area contributed by atoms with E-state index in [0.29, 0.717) is 19.8 Å². The first kappa shape index (κ1) is 10.4. The molecule has 0 aromatic heterocycles. The Balaban J connectivity index is 2.46. The molecular weight excluding hydrogens is 174 g/mol. The van der Waals surface area contributed by atoms with Crippen LogP contribution in [0.25, 0.3) is 0 Å². The summed E-state index contributed by atoms with van der Waals surface area (Å²) in [6.45, 7) is 1.47. The van der Waals surface area contributed by atoms with Gasteiger partial charge < -0.3 is 19.5 Å². The predicted molar refractivity (Wildman–Crippen MR) is 45.3 cm³/mol. The molecule has 1 fully saturated rings. The quantitative estimate of drug-likeness (QED) is 0.607. The maximum Gasteiger partial charge on any atom is 0.249 e. The highest BCUT2D eigenvalue weighted by molar-refractivity contribution is 5.78. The summed E-state index contributed by atoms with van der Waals surface area (Å²) in [5.74, 6) is -0.0812. The molecule has 0 aliphatic carbocycles. The summed E-state index contributed by atoms with van der Waals surface area (Å²) in [5, 5.41) is 8.96. The van der Waals surface area contributed by atoms with Crippen LogP contribution < -0.4 is 0 Å². The fourth-order valence-corrected chi connectivity index (χ4v) is 1.31. The monoisotopic (exact) mass is 189 g/mol. The van der Waals surface area contributed by atoms with Crippen molar-refractivity contribution in [2.75, 3.05) is 40.1 Å². The van der Waals surface area contributed by atoms with Crippen molar-refractivity contribution in [2.24, 2.45) is 0 Å². The highest BCUT2D eigenvalue weighted by Crippen LogP contribution is 2.06. The van der Waals surface area contributed by atoms with E-state index in [4.69, 9.17) is 14.6 Å². The van der Waals surface area contributed by atoms with Gasteiger partial charge in [0.05, 0.1) is 25.9 Å². The van der Waals surface area contributed by atoms with Gasteiger partial charge in [0.15, 0.2) is 0 Å². The Bertz CT molecular complexity index is 174. The topological polar surface area (TPSA) is 59.0 Å². The van der Waals surface area contributed by atoms with Gasteiger partial charge in [0.25, 0.3) is 0 Å². The summed E-state index contributed by atoms with van der Waals surface area (Å²) in [7, 11) is 1.58. The number of carbonyl (C=O) groups excluding carboxylic acids is 1. The maximum atomic E-state index is 11.3. The molecule has 13 heavy (non-hydrogen) atoms. The van der Waals surface area contributed by atoms with Gasteiger partial charge in [-0.1, -0.05) is 0 Å². The van der Waals surface area contributed by atoms with Crippen molar-refractivity contribution in [3.8, 4) is 0 Å². The van der Waals surface area contributed by atoms with Gasteiger partial charge in [-0.25, -0.2) is 0 Å². The molecule has 1 atom stereocenters. The number of amides is 1. The number of aliphatic hydroxyl groups is 1. The number of nitrogens with zero attached hydrogens (tertiary/aromatic N) is 1. The van der Waals surface area contributed by atoms with E-state index in [0.717, 1.165) is 0 Å². The minimum absolute atomic E-state index is 0.0601. The third-order valence-corrected chi connectivity index (χ3v) is 2.04. The van der Waals surface area contributed by atoms with Crippen LogP contribution in [-0.2, 0) is 14.3 Å². The molecule has 0 spiro atoms. The number of carbonyl (C=O) groups is 1. The largest absolute Gasteiger partial charge is 0.394 e. The molecular formula is C8H15NO4. The summed E-state index contributed by atoms with van der Waals surface area (Å²) in [6, 6.07) is -0.212. The summed E-state index contributed by atoms with van der Waals surface area (Å²) in [4.78, 5) is 12.9. The molecule has 0 bridgehead atoms. The van der Waals surface area contributed by atoms with Gasteiger partial charge in [0.2, 0.25) is 5.91 Å². The molecule has 5 heteroatoms. The zero-order chi connectivity index (χ0) is 9.68. The maximum absolute atomic E-state index is 11.3. The van der Waals surface area contributed by atoms with Crippen molar-refractivity contribution >= 4 is 5.91 Å². The molecule has 1 amide bonds. The van der Waals surface area contributed by atoms with Gasteiger partial charge in [0.1, 0.15) is 6.61 Å². The van der Waals surface area contributed by atoms with Gasteiger partial charge in [-0.05, 0) is 0 Å². The van der Waals surface area contributed by atoms with Crippen LogP contribution in [-0.4, -0.2) is 62.0 Å². The number of morpholine rings is 1. The number of hydrogen-bond acceptors (Lipinski definition) is 4. The second-order valence-corrected chi connectivity index (χ2v) is 2.93. The lowest BCUT2D eigenvalue weighted by Crippen LogP contribution is -2.52. The van der Waals surface area contributed by atoms with Crippen LogP contribution in [0.4, 0.5) is 0 Å². The Labute approximate surface area is 77.2 Å². The zero-order valence-electron chi connectivity index (χ0n) is 7.73. The molecule has 0 aromatic rings. The van der Waals surface area contributed by atoms with Crippen molar-refractivity contribution in [3.05, 3.63) is 0 Å². The van der Waals surface area contributed by atoms with Gasteiger partial charge in [-0.2, -0.15) is 0 Å². The Morgan fingerprint density at radius 1 is 1.77 bits per heavy atom. The SMILES string of the molecule is COCCN1C(=O)COCC1CO. The van der Waals surface area contributed by atoms with E-state index in [2.05, 4.69) is 0 Å². The fraction of sp³-hybridized carbons (Fsp3) is 0.875. The van der Waals surface area contributed by atoms with Gasteiger partial charge in [-0.15, -0.1) is 0 Å². The highest BCUT2D eigenvalue weighted by atomic mass is 16.5. The fourth-order valence-electron chi connectivity index (χ4n) is 1.31. The lowest BCUT2D eigenvalue weighted by atomic mass is 10.2. The third kappa shape index (κ3) is 2.65. The van der Waals surface area contributed by atoms with Crippen molar-refractivity contribution < 1.29 is 19.4 Å². The smallest absolute Gasteiger partial charge is 0.249 e. The molecule has 1 N–H and O–H groups in total. The molecule has 1 saturated heterocycles. The highest BCUT2D eigenvalue weighted by Gasteiger charge is 2.27. The van der Waals surface area contributed by atoms with E-state index in [9.17, 15) is 4.79 Å². The standard InChI is InChI=1S/C8H15NO4/c1-12-3-2-9-7(4-10)5-13-6-8(9)11/h7,10H,2-6H2,1H3. The van der Waals surface area contributed by atoms with E-state index in [1.54, 1.807) is 12.0 Å². The summed E-state index contributed by atoms with van der Waals surface area (Å²) in [5.41, 5.74) is 0. The minimum Gasteiger partial charge on any atom is -0.394 e. The molecule has 5 nitrogen and oxygen atoms in total. The number of methoxy groups -OCH3 is 1. The molecule has 1 heterocycles. The Morgan fingerprint density at radius 2 is 2.54 bits per heavy atom. The average molecular weight is 189 g/mol. The van der Waals surface area contributed by atoms with Crippen LogP contribution in [0.1, 0.15) is 0 Å². The molecule has 1 unspecified atom stereocenters. The lowest BCUT2D eigenvalue weighted by molar-refractivity contribution is -0.150. The van der Waals surface area contributed by atoms with Crippen LogP contribution >= 0.6 is 0 Å². The van der Waals surface area contributed by atoms with Gasteiger partial charge in [0, 0.05) is 13.7 Å². The second kappa shape index (κ2) is 5.16. The van der Waals surface area contributed by atoms with Crippen LogP contribution in [0.5, 0.6) is 0 Å². The van der Waals surface area contributed by atoms with Crippen LogP contribution in [0.15, 0.2) is 0 Å². The number of aliphatic hydroxyl groups excluding tert-OH is 1. The number of hydrogen-bond donors (Lipinski definition) is 1. The molecule has 0 saturated carbocycles. The van der Waals surface area contributed by atoms with E-state index >= 15 is 0 Å². The molecule has 0 aromatic carbocycles. The summed E-state index contributed by atoms with van der Waals surface area (Å²) >= 11 is 0. The molecule has 1 rings (SSSR count). The zero-order valence-corrected chi connectivity index (χ0v) is 7.73. The normalized spacial score (nSPS) is 23.7. The Hall–Kier alpha value is -0.650. The minimum atomic E-state index is -0.212. The van der Waals surface area contributed by atoms with Crippen molar-refractivity contribution in [1.82, 2.24) is 4.90 Å². The van der Waals surface area contributed by atoms with Crippen molar-refractivity contribution in [2.45, 2.75) is 6.04 Å². The summed E-state index contributed by atoms with van der Waals surface area (Å²) < 4.78 is 9.87. The number of ether oxygens (including phenoxy) is 2. The molecule has 1 aliphatic rings. The van der Waals surface area contributed by atoms with E-state index in [1.807, 2.05) is 0 Å². The lowest BCUT2D eigenvalue weighted by Gasteiger charge is -2.34. The van der Waals surface area contributed by atoms with Gasteiger partial charge in [-0.3, -0.25) is 4.79 Å². The summed E-state index contributed by atoms with van der Waals surface area (Å²) in [6.07, 6.45) is 0. The molecule has 0 radical (unpaired) electrons. The van der Waals surface area contributed by atoms with E-state index in [1.165, 1.54) is 0 Å². The first-order chi connectivity index (χ1) is 6.29. The average Bonchev–Trinajstić information content (AvgIpc) is 2.15. The van der Waals surface area contributed by atoms with Crippen molar-refractivity contribution in [1.29, 1.82) is 0 Å². The van der Waals surface area contributed by atoms with E-state index < -0.39 is 0 Å². The molecule has 76 valence electrons. The van der Waals surface area contributed by atoms with Crippen LogP contribution in [0, 0.1) is 0 Å². The Morgan fingerprint density at radius 3 is 3.15 bits per heavy atom. The Kier molecular flexibility index (Phi) is 4.14. The number of rotatable bonds is 4. The van der Waals surface area contributed by atoms with Crippen LogP contribution in [0.2, 0.25) is 0 Å². The van der Waals surface area contributed by atoms with Gasteiger partial charge >= 0.3 is 0 Å². The third-order valence-electron chi connectivity index (χ3n) is 2.04. The van der Waals surface area contributed by atoms with E-state index in [-0.39, 0.29) is 25.2 Å². The first-order valence-electron chi connectivity index (χ1n) is 4.26. The molecule has 1 aliphatic heterocycles.